The average Bonchev–Trinajstić information content (AvgIpc) is 2.98. The normalized spacial score (nSPS) is 17.7. The zero-order valence-corrected chi connectivity index (χ0v) is 9.24. The molecule has 0 aliphatic heterocycles. The van der Waals surface area contributed by atoms with Gasteiger partial charge in [0.05, 0.1) is 0 Å². The van der Waals surface area contributed by atoms with Crippen LogP contribution in [0.4, 0.5) is 0 Å². The Kier molecular flexibility index (Phi) is 3.27. The SMILES string of the molecule is CC(CNC1CC1)Cc1cccc(O)c1. The first-order chi connectivity index (χ1) is 7.24. The quantitative estimate of drug-likeness (QED) is 0.773. The molecule has 1 saturated carbocycles. The summed E-state index contributed by atoms with van der Waals surface area (Å²) in [4.78, 5) is 0. The second-order valence-electron chi connectivity index (χ2n) is 4.66. The van der Waals surface area contributed by atoms with Gasteiger partial charge in [0.15, 0.2) is 0 Å². The molecular weight excluding hydrogens is 186 g/mol. The van der Waals surface area contributed by atoms with Crippen LogP contribution in [0, 0.1) is 5.92 Å². The van der Waals surface area contributed by atoms with Gasteiger partial charge in [0.25, 0.3) is 0 Å². The van der Waals surface area contributed by atoms with Crippen LogP contribution in [0.25, 0.3) is 0 Å². The van der Waals surface area contributed by atoms with Crippen molar-refractivity contribution < 1.29 is 5.11 Å². The van der Waals surface area contributed by atoms with Gasteiger partial charge in [-0.3, -0.25) is 0 Å². The molecule has 1 atom stereocenters. The van der Waals surface area contributed by atoms with E-state index in [0.29, 0.717) is 11.7 Å². The second-order valence-corrected chi connectivity index (χ2v) is 4.66. The fraction of sp³-hybridized carbons (Fsp3) is 0.538. The van der Waals surface area contributed by atoms with E-state index in [2.05, 4.69) is 18.3 Å². The van der Waals surface area contributed by atoms with Gasteiger partial charge in [0.2, 0.25) is 0 Å². The van der Waals surface area contributed by atoms with E-state index < -0.39 is 0 Å². The molecule has 0 amide bonds. The largest absolute Gasteiger partial charge is 0.508 e. The molecule has 0 heterocycles. The molecule has 1 aliphatic rings. The van der Waals surface area contributed by atoms with E-state index in [9.17, 15) is 5.11 Å². The predicted octanol–water partition coefficient (Wildman–Crippen LogP) is 2.32. The lowest BCUT2D eigenvalue weighted by Gasteiger charge is -2.12. The maximum Gasteiger partial charge on any atom is 0.115 e. The van der Waals surface area contributed by atoms with Crippen LogP contribution in [0.2, 0.25) is 0 Å². The molecule has 1 aromatic rings. The van der Waals surface area contributed by atoms with Crippen LogP contribution in [0.15, 0.2) is 24.3 Å². The Morgan fingerprint density at radius 2 is 2.27 bits per heavy atom. The van der Waals surface area contributed by atoms with Crippen molar-refractivity contribution in [1.29, 1.82) is 0 Å². The number of aromatic hydroxyl groups is 1. The summed E-state index contributed by atoms with van der Waals surface area (Å²) < 4.78 is 0. The van der Waals surface area contributed by atoms with E-state index >= 15 is 0 Å². The summed E-state index contributed by atoms with van der Waals surface area (Å²) in [6, 6.07) is 8.35. The molecule has 2 N–H and O–H groups in total. The van der Waals surface area contributed by atoms with Crippen LogP contribution in [-0.4, -0.2) is 17.7 Å². The number of benzene rings is 1. The van der Waals surface area contributed by atoms with Gasteiger partial charge in [-0.25, -0.2) is 0 Å². The summed E-state index contributed by atoms with van der Waals surface area (Å²) in [6.07, 6.45) is 3.73. The van der Waals surface area contributed by atoms with Crippen LogP contribution in [0.5, 0.6) is 5.75 Å². The third-order valence-electron chi connectivity index (χ3n) is 2.83. The fourth-order valence-electron chi connectivity index (χ4n) is 1.81. The summed E-state index contributed by atoms with van der Waals surface area (Å²) in [5.41, 5.74) is 1.22. The van der Waals surface area contributed by atoms with E-state index in [1.54, 1.807) is 6.07 Å². The molecular formula is C13H19NO. The molecule has 1 aromatic carbocycles. The van der Waals surface area contributed by atoms with Crippen LogP contribution < -0.4 is 5.32 Å². The second kappa shape index (κ2) is 4.67. The zero-order valence-electron chi connectivity index (χ0n) is 9.24. The van der Waals surface area contributed by atoms with Crippen molar-refractivity contribution in [2.75, 3.05) is 6.54 Å². The Labute approximate surface area is 91.3 Å². The van der Waals surface area contributed by atoms with Crippen molar-refractivity contribution in [1.82, 2.24) is 5.32 Å². The summed E-state index contributed by atoms with van der Waals surface area (Å²) in [7, 11) is 0. The van der Waals surface area contributed by atoms with E-state index in [-0.39, 0.29) is 0 Å². The lowest BCUT2D eigenvalue weighted by atomic mass is 10.0. The van der Waals surface area contributed by atoms with Gasteiger partial charge in [0.1, 0.15) is 5.75 Å². The van der Waals surface area contributed by atoms with Gasteiger partial charge in [-0.05, 0) is 49.4 Å². The lowest BCUT2D eigenvalue weighted by Crippen LogP contribution is -2.24. The highest BCUT2D eigenvalue weighted by molar-refractivity contribution is 5.27. The van der Waals surface area contributed by atoms with E-state index in [4.69, 9.17) is 0 Å². The third-order valence-corrected chi connectivity index (χ3v) is 2.83. The molecule has 0 saturated heterocycles. The number of rotatable bonds is 5. The fourth-order valence-corrected chi connectivity index (χ4v) is 1.81. The number of phenolic OH excluding ortho intramolecular Hbond substituents is 1. The minimum absolute atomic E-state index is 0.370. The minimum atomic E-state index is 0.370. The number of hydrogen-bond donors (Lipinski definition) is 2. The van der Waals surface area contributed by atoms with Crippen molar-refractivity contribution in [2.24, 2.45) is 5.92 Å². The topological polar surface area (TPSA) is 32.3 Å². The maximum atomic E-state index is 9.34. The molecule has 2 heteroatoms. The molecule has 0 aromatic heterocycles. The third kappa shape index (κ3) is 3.56. The van der Waals surface area contributed by atoms with Crippen LogP contribution in [-0.2, 0) is 6.42 Å². The Morgan fingerprint density at radius 3 is 2.93 bits per heavy atom. The molecule has 0 bridgehead atoms. The first kappa shape index (κ1) is 10.5. The van der Waals surface area contributed by atoms with E-state index in [1.807, 2.05) is 12.1 Å². The monoisotopic (exact) mass is 205 g/mol. The molecule has 2 rings (SSSR count). The molecule has 15 heavy (non-hydrogen) atoms. The van der Waals surface area contributed by atoms with Gasteiger partial charge in [0, 0.05) is 6.04 Å². The van der Waals surface area contributed by atoms with Crippen molar-refractivity contribution in [3.05, 3.63) is 29.8 Å². The summed E-state index contributed by atoms with van der Waals surface area (Å²) in [5.74, 6) is 1.00. The highest BCUT2D eigenvalue weighted by Crippen LogP contribution is 2.19. The predicted molar refractivity (Wildman–Crippen MR) is 62.0 cm³/mol. The summed E-state index contributed by atoms with van der Waals surface area (Å²) in [6.45, 7) is 3.33. The first-order valence-corrected chi connectivity index (χ1v) is 5.75. The standard InChI is InChI=1S/C13H19NO/c1-10(9-14-12-5-6-12)7-11-3-2-4-13(15)8-11/h2-4,8,10,12,14-15H,5-7,9H2,1H3. The lowest BCUT2D eigenvalue weighted by molar-refractivity contribution is 0.471. The minimum Gasteiger partial charge on any atom is -0.508 e. The van der Waals surface area contributed by atoms with Gasteiger partial charge in [-0.15, -0.1) is 0 Å². The summed E-state index contributed by atoms with van der Waals surface area (Å²) >= 11 is 0. The number of phenols is 1. The Morgan fingerprint density at radius 1 is 1.47 bits per heavy atom. The molecule has 0 spiro atoms. The zero-order chi connectivity index (χ0) is 10.7. The van der Waals surface area contributed by atoms with Crippen molar-refractivity contribution >= 4 is 0 Å². The highest BCUT2D eigenvalue weighted by Gasteiger charge is 2.20. The van der Waals surface area contributed by atoms with Gasteiger partial charge < -0.3 is 10.4 Å². The van der Waals surface area contributed by atoms with Gasteiger partial charge in [-0.1, -0.05) is 19.1 Å². The van der Waals surface area contributed by atoms with E-state index in [1.165, 1.54) is 18.4 Å². The Bertz CT molecular complexity index is 320. The van der Waals surface area contributed by atoms with E-state index in [0.717, 1.165) is 19.0 Å². The summed E-state index contributed by atoms with van der Waals surface area (Å²) in [5, 5.41) is 12.9. The van der Waals surface area contributed by atoms with Crippen molar-refractivity contribution in [3.8, 4) is 5.75 Å². The Balaban J connectivity index is 1.79. The average molecular weight is 205 g/mol. The maximum absolute atomic E-state index is 9.34. The van der Waals surface area contributed by atoms with Gasteiger partial charge in [-0.2, -0.15) is 0 Å². The highest BCUT2D eigenvalue weighted by atomic mass is 16.3. The van der Waals surface area contributed by atoms with Gasteiger partial charge >= 0.3 is 0 Å². The molecule has 1 aliphatic carbocycles. The number of hydrogen-bond acceptors (Lipinski definition) is 2. The van der Waals surface area contributed by atoms with Crippen molar-refractivity contribution in [2.45, 2.75) is 32.2 Å². The van der Waals surface area contributed by atoms with Crippen LogP contribution in [0.1, 0.15) is 25.3 Å². The first-order valence-electron chi connectivity index (χ1n) is 5.75. The molecule has 1 unspecified atom stereocenters. The molecule has 2 nitrogen and oxygen atoms in total. The number of nitrogens with one attached hydrogen (secondary N) is 1. The Hall–Kier alpha value is -1.02. The molecule has 1 fully saturated rings. The van der Waals surface area contributed by atoms with Crippen molar-refractivity contribution in [3.63, 3.8) is 0 Å². The smallest absolute Gasteiger partial charge is 0.115 e. The van der Waals surface area contributed by atoms with Crippen LogP contribution in [0.3, 0.4) is 0 Å². The molecule has 82 valence electrons. The van der Waals surface area contributed by atoms with Crippen LogP contribution >= 0.6 is 0 Å². The molecule has 0 radical (unpaired) electrons.